The summed E-state index contributed by atoms with van der Waals surface area (Å²) in [5.41, 5.74) is 4.14. The number of benzene rings is 1. The largest absolute Gasteiger partial charge is 0.385 e. The number of hydrogen-bond acceptors (Lipinski definition) is 3. The van der Waals surface area contributed by atoms with Gasteiger partial charge in [-0.25, -0.2) is 0 Å². The maximum absolute atomic E-state index is 5.43. The SMILES string of the molecule is CN(CC1CCOCC1)c1ccc2c(c1)NCCC2. The first-order valence-electron chi connectivity index (χ1n) is 7.48. The number of nitrogens with zero attached hydrogens (tertiary/aromatic N) is 1. The van der Waals surface area contributed by atoms with Crippen LogP contribution in [0.25, 0.3) is 0 Å². The summed E-state index contributed by atoms with van der Waals surface area (Å²) in [5.74, 6) is 0.780. The zero-order valence-corrected chi connectivity index (χ0v) is 11.8. The van der Waals surface area contributed by atoms with E-state index in [1.807, 2.05) is 0 Å². The number of nitrogens with one attached hydrogen (secondary N) is 1. The van der Waals surface area contributed by atoms with Gasteiger partial charge >= 0.3 is 0 Å². The first-order chi connectivity index (χ1) is 9.33. The summed E-state index contributed by atoms with van der Waals surface area (Å²) >= 11 is 0. The van der Waals surface area contributed by atoms with Crippen LogP contribution in [0.1, 0.15) is 24.8 Å². The quantitative estimate of drug-likeness (QED) is 0.904. The number of aryl methyl sites for hydroxylation is 1. The lowest BCUT2D eigenvalue weighted by atomic mass is 9.99. The van der Waals surface area contributed by atoms with Crippen molar-refractivity contribution in [1.82, 2.24) is 0 Å². The molecule has 1 aromatic carbocycles. The van der Waals surface area contributed by atoms with E-state index in [9.17, 15) is 0 Å². The fraction of sp³-hybridized carbons (Fsp3) is 0.625. The van der Waals surface area contributed by atoms with E-state index in [0.717, 1.165) is 32.2 Å². The van der Waals surface area contributed by atoms with Gasteiger partial charge in [0.05, 0.1) is 0 Å². The third kappa shape index (κ3) is 3.03. The van der Waals surface area contributed by atoms with E-state index >= 15 is 0 Å². The Morgan fingerprint density at radius 1 is 1.32 bits per heavy atom. The van der Waals surface area contributed by atoms with Crippen LogP contribution in [0.5, 0.6) is 0 Å². The molecule has 3 heteroatoms. The first-order valence-corrected chi connectivity index (χ1v) is 7.48. The van der Waals surface area contributed by atoms with Crippen LogP contribution in [-0.4, -0.2) is 33.4 Å². The average molecular weight is 260 g/mol. The minimum Gasteiger partial charge on any atom is -0.385 e. The Morgan fingerprint density at radius 3 is 3.00 bits per heavy atom. The van der Waals surface area contributed by atoms with Crippen molar-refractivity contribution in [3.05, 3.63) is 23.8 Å². The lowest BCUT2D eigenvalue weighted by Gasteiger charge is -2.29. The highest BCUT2D eigenvalue weighted by Crippen LogP contribution is 2.28. The van der Waals surface area contributed by atoms with Gasteiger partial charge in [-0.3, -0.25) is 0 Å². The Hall–Kier alpha value is -1.22. The number of fused-ring (bicyclic) bond motifs is 1. The minimum atomic E-state index is 0.780. The predicted molar refractivity (Wildman–Crippen MR) is 80.1 cm³/mol. The maximum Gasteiger partial charge on any atom is 0.0469 e. The molecule has 2 heterocycles. The molecule has 0 aromatic heterocycles. The molecule has 1 fully saturated rings. The minimum absolute atomic E-state index is 0.780. The van der Waals surface area contributed by atoms with Gasteiger partial charge in [-0.15, -0.1) is 0 Å². The summed E-state index contributed by atoms with van der Waals surface area (Å²) in [7, 11) is 2.21. The number of ether oxygens (including phenoxy) is 1. The number of hydrogen-bond donors (Lipinski definition) is 1. The van der Waals surface area contributed by atoms with Gasteiger partial charge in [-0.2, -0.15) is 0 Å². The molecule has 0 radical (unpaired) electrons. The van der Waals surface area contributed by atoms with E-state index in [0.29, 0.717) is 0 Å². The smallest absolute Gasteiger partial charge is 0.0469 e. The van der Waals surface area contributed by atoms with E-state index < -0.39 is 0 Å². The molecule has 3 rings (SSSR count). The molecular formula is C16H24N2O. The molecular weight excluding hydrogens is 236 g/mol. The summed E-state index contributed by atoms with van der Waals surface area (Å²) in [6.07, 6.45) is 4.87. The van der Waals surface area contributed by atoms with E-state index in [1.54, 1.807) is 0 Å². The molecule has 0 bridgehead atoms. The van der Waals surface area contributed by atoms with Gasteiger partial charge in [-0.1, -0.05) is 6.07 Å². The van der Waals surface area contributed by atoms with Crippen molar-refractivity contribution < 1.29 is 4.74 Å². The molecule has 0 unspecified atom stereocenters. The fourth-order valence-electron chi connectivity index (χ4n) is 3.11. The van der Waals surface area contributed by atoms with Gasteiger partial charge < -0.3 is 15.0 Å². The normalized spacial score (nSPS) is 19.6. The van der Waals surface area contributed by atoms with Crippen LogP contribution >= 0.6 is 0 Å². The van der Waals surface area contributed by atoms with Crippen molar-refractivity contribution in [2.24, 2.45) is 5.92 Å². The second kappa shape index (κ2) is 5.83. The molecule has 0 atom stereocenters. The van der Waals surface area contributed by atoms with Crippen LogP contribution in [0.15, 0.2) is 18.2 Å². The topological polar surface area (TPSA) is 24.5 Å². The lowest BCUT2D eigenvalue weighted by molar-refractivity contribution is 0.0685. The van der Waals surface area contributed by atoms with Crippen LogP contribution in [0, 0.1) is 5.92 Å². The van der Waals surface area contributed by atoms with Gasteiger partial charge in [0, 0.05) is 44.7 Å². The zero-order chi connectivity index (χ0) is 13.1. The van der Waals surface area contributed by atoms with Gasteiger partial charge in [-0.05, 0) is 49.3 Å². The highest BCUT2D eigenvalue weighted by Gasteiger charge is 2.17. The Morgan fingerprint density at radius 2 is 2.16 bits per heavy atom. The van der Waals surface area contributed by atoms with Crippen molar-refractivity contribution in [2.45, 2.75) is 25.7 Å². The van der Waals surface area contributed by atoms with Gasteiger partial charge in [0.25, 0.3) is 0 Å². The van der Waals surface area contributed by atoms with E-state index in [2.05, 4.69) is 35.5 Å². The Bertz CT molecular complexity index is 427. The molecule has 0 aliphatic carbocycles. The molecule has 0 spiro atoms. The van der Waals surface area contributed by atoms with Crippen LogP contribution in [0.3, 0.4) is 0 Å². The molecule has 3 nitrogen and oxygen atoms in total. The Kier molecular flexibility index (Phi) is 3.92. The van der Waals surface area contributed by atoms with Crippen molar-refractivity contribution >= 4 is 11.4 Å². The number of rotatable bonds is 3. The first kappa shape index (κ1) is 12.8. The van der Waals surface area contributed by atoms with Gasteiger partial charge in [0.2, 0.25) is 0 Å². The van der Waals surface area contributed by atoms with Gasteiger partial charge in [0.15, 0.2) is 0 Å². The summed E-state index contributed by atoms with van der Waals surface area (Å²) < 4.78 is 5.43. The molecule has 1 saturated heterocycles. The highest BCUT2D eigenvalue weighted by molar-refractivity contribution is 5.63. The third-order valence-corrected chi connectivity index (χ3v) is 4.35. The average Bonchev–Trinajstić information content (AvgIpc) is 2.48. The molecule has 19 heavy (non-hydrogen) atoms. The molecule has 0 amide bonds. The molecule has 1 aromatic rings. The highest BCUT2D eigenvalue weighted by atomic mass is 16.5. The van der Waals surface area contributed by atoms with E-state index in [-0.39, 0.29) is 0 Å². The van der Waals surface area contributed by atoms with Crippen molar-refractivity contribution in [3.63, 3.8) is 0 Å². The van der Waals surface area contributed by atoms with E-state index in [1.165, 1.54) is 42.6 Å². The molecule has 1 N–H and O–H groups in total. The van der Waals surface area contributed by atoms with E-state index in [4.69, 9.17) is 4.74 Å². The second-order valence-electron chi connectivity index (χ2n) is 5.81. The molecule has 0 saturated carbocycles. The molecule has 104 valence electrons. The summed E-state index contributed by atoms with van der Waals surface area (Å²) in [4.78, 5) is 2.40. The second-order valence-corrected chi connectivity index (χ2v) is 5.81. The monoisotopic (exact) mass is 260 g/mol. The summed E-state index contributed by atoms with van der Waals surface area (Å²) in [5, 5.41) is 3.51. The summed E-state index contributed by atoms with van der Waals surface area (Å²) in [6.45, 7) is 4.12. The van der Waals surface area contributed by atoms with Crippen molar-refractivity contribution in [1.29, 1.82) is 0 Å². The third-order valence-electron chi connectivity index (χ3n) is 4.35. The standard InChI is InChI=1S/C16H24N2O/c1-18(12-13-6-9-19-10-7-13)15-5-4-14-3-2-8-17-16(14)11-15/h4-5,11,13,17H,2-3,6-10,12H2,1H3. The van der Waals surface area contributed by atoms with Crippen molar-refractivity contribution in [3.8, 4) is 0 Å². The fourth-order valence-corrected chi connectivity index (χ4v) is 3.11. The van der Waals surface area contributed by atoms with Crippen LogP contribution in [0.2, 0.25) is 0 Å². The van der Waals surface area contributed by atoms with Crippen LogP contribution < -0.4 is 10.2 Å². The maximum atomic E-state index is 5.43. The predicted octanol–water partition coefficient (Wildman–Crippen LogP) is 2.91. The van der Waals surface area contributed by atoms with Crippen molar-refractivity contribution in [2.75, 3.05) is 43.6 Å². The molecule has 2 aliphatic rings. The number of anilines is 2. The van der Waals surface area contributed by atoms with Crippen LogP contribution in [-0.2, 0) is 11.2 Å². The Labute approximate surface area is 115 Å². The zero-order valence-electron chi connectivity index (χ0n) is 11.8. The van der Waals surface area contributed by atoms with Crippen LogP contribution in [0.4, 0.5) is 11.4 Å². The molecule has 2 aliphatic heterocycles. The lowest BCUT2D eigenvalue weighted by Crippen LogP contribution is -2.29. The summed E-state index contributed by atoms with van der Waals surface area (Å²) in [6, 6.07) is 6.87. The Balaban J connectivity index is 1.67. The van der Waals surface area contributed by atoms with Gasteiger partial charge in [0.1, 0.15) is 0 Å².